The minimum absolute atomic E-state index is 0.993. The largest absolute Gasteiger partial charge is 0.316 e. The molecule has 2 rings (SSSR count). The van der Waals surface area contributed by atoms with Crippen LogP contribution in [0, 0.1) is 17.8 Å². The lowest BCUT2D eigenvalue weighted by molar-refractivity contribution is 0.261. The van der Waals surface area contributed by atoms with Crippen LogP contribution in [0.4, 0.5) is 0 Å². The monoisotopic (exact) mass is 237 g/mol. The Hall–Kier alpha value is -0.0400. The fourth-order valence-electron chi connectivity index (χ4n) is 4.01. The normalized spacial score (nSPS) is 24.5. The molecule has 0 aliphatic heterocycles. The molecule has 2 aliphatic rings. The molecule has 1 unspecified atom stereocenters. The maximum atomic E-state index is 3.69. The van der Waals surface area contributed by atoms with Crippen LogP contribution < -0.4 is 5.32 Å². The van der Waals surface area contributed by atoms with Gasteiger partial charge in [-0.05, 0) is 43.7 Å². The Morgan fingerprint density at radius 3 is 2.29 bits per heavy atom. The zero-order chi connectivity index (χ0) is 11.9. The van der Waals surface area contributed by atoms with Crippen LogP contribution in [-0.2, 0) is 0 Å². The molecule has 1 N–H and O–H groups in total. The van der Waals surface area contributed by atoms with Crippen LogP contribution in [0.15, 0.2) is 0 Å². The van der Waals surface area contributed by atoms with Crippen LogP contribution in [0.2, 0.25) is 0 Å². The quantitative estimate of drug-likeness (QED) is 0.648. The van der Waals surface area contributed by atoms with Crippen molar-refractivity contribution in [1.29, 1.82) is 0 Å². The van der Waals surface area contributed by atoms with Crippen molar-refractivity contribution in [2.45, 2.75) is 71.1 Å². The Balaban J connectivity index is 1.77. The molecular weight excluding hydrogens is 206 g/mol. The predicted molar refractivity (Wildman–Crippen MR) is 75.2 cm³/mol. The van der Waals surface area contributed by atoms with E-state index in [1.54, 1.807) is 0 Å². The van der Waals surface area contributed by atoms with Crippen molar-refractivity contribution in [1.82, 2.24) is 5.32 Å². The van der Waals surface area contributed by atoms with Gasteiger partial charge in [0.2, 0.25) is 0 Å². The summed E-state index contributed by atoms with van der Waals surface area (Å²) in [6.07, 6.45) is 14.9. The maximum absolute atomic E-state index is 3.69. The lowest BCUT2D eigenvalue weighted by Gasteiger charge is -2.26. The average Bonchev–Trinajstić information content (AvgIpc) is 3.01. The van der Waals surface area contributed by atoms with E-state index in [1.165, 1.54) is 77.3 Å². The van der Waals surface area contributed by atoms with E-state index in [1.807, 2.05) is 0 Å². The number of rotatable bonds is 7. The van der Waals surface area contributed by atoms with Crippen molar-refractivity contribution in [3.63, 3.8) is 0 Å². The molecule has 0 heterocycles. The van der Waals surface area contributed by atoms with Crippen LogP contribution >= 0.6 is 0 Å². The highest BCUT2D eigenvalue weighted by atomic mass is 14.9. The van der Waals surface area contributed by atoms with Crippen LogP contribution in [0.25, 0.3) is 0 Å². The van der Waals surface area contributed by atoms with E-state index in [9.17, 15) is 0 Å². The first-order valence-electron chi connectivity index (χ1n) is 8.11. The SMILES string of the molecule is CCCNCC(CC1CCCC1)C1CCCC1. The molecule has 1 atom stereocenters. The van der Waals surface area contributed by atoms with Gasteiger partial charge in [-0.25, -0.2) is 0 Å². The van der Waals surface area contributed by atoms with Gasteiger partial charge in [-0.15, -0.1) is 0 Å². The van der Waals surface area contributed by atoms with E-state index in [0.29, 0.717) is 0 Å². The van der Waals surface area contributed by atoms with Crippen molar-refractivity contribution < 1.29 is 0 Å². The molecule has 0 radical (unpaired) electrons. The average molecular weight is 237 g/mol. The third-order valence-electron chi connectivity index (χ3n) is 5.01. The Bertz CT molecular complexity index is 190. The topological polar surface area (TPSA) is 12.0 Å². The molecule has 0 aromatic rings. The molecule has 0 bridgehead atoms. The summed E-state index contributed by atoms with van der Waals surface area (Å²) in [6, 6.07) is 0. The van der Waals surface area contributed by atoms with Gasteiger partial charge in [0.1, 0.15) is 0 Å². The van der Waals surface area contributed by atoms with Crippen molar-refractivity contribution in [3.05, 3.63) is 0 Å². The molecule has 2 saturated carbocycles. The summed E-state index contributed by atoms with van der Waals surface area (Å²) >= 11 is 0. The fourth-order valence-corrected chi connectivity index (χ4v) is 4.01. The number of nitrogens with one attached hydrogen (secondary N) is 1. The Morgan fingerprint density at radius 2 is 1.65 bits per heavy atom. The van der Waals surface area contributed by atoms with Gasteiger partial charge in [0.25, 0.3) is 0 Å². The van der Waals surface area contributed by atoms with E-state index in [4.69, 9.17) is 0 Å². The minimum atomic E-state index is 0.993. The molecule has 0 saturated heterocycles. The van der Waals surface area contributed by atoms with Crippen molar-refractivity contribution in [2.24, 2.45) is 17.8 Å². The molecule has 0 spiro atoms. The Kier molecular flexibility index (Phi) is 5.84. The first kappa shape index (κ1) is 13.4. The van der Waals surface area contributed by atoms with Crippen LogP contribution in [0.5, 0.6) is 0 Å². The molecule has 100 valence electrons. The second-order valence-corrected chi connectivity index (χ2v) is 6.39. The first-order valence-corrected chi connectivity index (χ1v) is 8.11. The third kappa shape index (κ3) is 4.28. The van der Waals surface area contributed by atoms with Gasteiger partial charge in [-0.1, -0.05) is 58.3 Å². The third-order valence-corrected chi connectivity index (χ3v) is 5.01. The van der Waals surface area contributed by atoms with E-state index in [-0.39, 0.29) is 0 Å². The Labute approximate surface area is 108 Å². The summed E-state index contributed by atoms with van der Waals surface area (Å²) in [6.45, 7) is 4.79. The molecule has 1 nitrogen and oxygen atoms in total. The zero-order valence-electron chi connectivity index (χ0n) is 11.7. The smallest absolute Gasteiger partial charge is 0.00178 e. The van der Waals surface area contributed by atoms with Gasteiger partial charge in [-0.2, -0.15) is 0 Å². The van der Waals surface area contributed by atoms with Crippen molar-refractivity contribution >= 4 is 0 Å². The van der Waals surface area contributed by atoms with Crippen LogP contribution in [0.1, 0.15) is 71.1 Å². The van der Waals surface area contributed by atoms with E-state index >= 15 is 0 Å². The zero-order valence-corrected chi connectivity index (χ0v) is 11.7. The van der Waals surface area contributed by atoms with E-state index < -0.39 is 0 Å². The molecule has 17 heavy (non-hydrogen) atoms. The van der Waals surface area contributed by atoms with Gasteiger partial charge in [-0.3, -0.25) is 0 Å². The van der Waals surface area contributed by atoms with Gasteiger partial charge < -0.3 is 5.32 Å². The highest BCUT2D eigenvalue weighted by molar-refractivity contribution is 4.81. The summed E-state index contributed by atoms with van der Waals surface area (Å²) < 4.78 is 0. The van der Waals surface area contributed by atoms with Crippen molar-refractivity contribution in [3.8, 4) is 0 Å². The Morgan fingerprint density at radius 1 is 1.00 bits per heavy atom. The molecule has 2 aliphatic carbocycles. The molecule has 1 heteroatoms. The highest BCUT2D eigenvalue weighted by Crippen LogP contribution is 2.38. The van der Waals surface area contributed by atoms with Gasteiger partial charge >= 0.3 is 0 Å². The fraction of sp³-hybridized carbons (Fsp3) is 1.00. The molecule has 0 amide bonds. The summed E-state index contributed by atoms with van der Waals surface area (Å²) in [5.74, 6) is 3.12. The first-order chi connectivity index (χ1) is 8.40. The summed E-state index contributed by atoms with van der Waals surface area (Å²) in [4.78, 5) is 0. The van der Waals surface area contributed by atoms with Crippen LogP contribution in [0.3, 0.4) is 0 Å². The standard InChI is InChI=1S/C16H31N/c1-2-11-17-13-16(15-9-5-6-10-15)12-14-7-3-4-8-14/h14-17H,2-13H2,1H3. The van der Waals surface area contributed by atoms with Gasteiger partial charge in [0.05, 0.1) is 0 Å². The molecular formula is C16H31N. The minimum Gasteiger partial charge on any atom is -0.316 e. The van der Waals surface area contributed by atoms with Crippen molar-refractivity contribution in [2.75, 3.05) is 13.1 Å². The van der Waals surface area contributed by atoms with Crippen LogP contribution in [-0.4, -0.2) is 13.1 Å². The summed E-state index contributed by atoms with van der Waals surface area (Å²) in [5, 5.41) is 3.69. The van der Waals surface area contributed by atoms with Gasteiger partial charge in [0.15, 0.2) is 0 Å². The number of hydrogen-bond acceptors (Lipinski definition) is 1. The molecule has 2 fully saturated rings. The molecule has 0 aromatic heterocycles. The summed E-state index contributed by atoms with van der Waals surface area (Å²) in [5.41, 5.74) is 0. The predicted octanol–water partition coefficient (Wildman–Crippen LogP) is 4.37. The van der Waals surface area contributed by atoms with E-state index in [2.05, 4.69) is 12.2 Å². The second kappa shape index (κ2) is 7.41. The van der Waals surface area contributed by atoms with Gasteiger partial charge in [0, 0.05) is 0 Å². The number of hydrogen-bond donors (Lipinski definition) is 1. The lowest BCUT2D eigenvalue weighted by atomic mass is 9.82. The summed E-state index contributed by atoms with van der Waals surface area (Å²) in [7, 11) is 0. The van der Waals surface area contributed by atoms with E-state index in [0.717, 1.165) is 17.8 Å². The molecule has 0 aromatic carbocycles. The lowest BCUT2D eigenvalue weighted by Crippen LogP contribution is -2.29. The maximum Gasteiger partial charge on any atom is -0.00178 e. The second-order valence-electron chi connectivity index (χ2n) is 6.39. The highest BCUT2D eigenvalue weighted by Gasteiger charge is 2.28.